The molecule has 0 bridgehead atoms. The lowest BCUT2D eigenvalue weighted by Gasteiger charge is -2.19. The van der Waals surface area contributed by atoms with Gasteiger partial charge in [-0.15, -0.1) is 0 Å². The van der Waals surface area contributed by atoms with Gasteiger partial charge in [0.2, 0.25) is 11.8 Å². The van der Waals surface area contributed by atoms with Gasteiger partial charge < -0.3 is 19.9 Å². The molecule has 0 saturated carbocycles. The molecule has 3 rings (SSSR count). The van der Waals surface area contributed by atoms with Crippen LogP contribution in [0.25, 0.3) is 0 Å². The average molecular weight is 415 g/mol. The number of nitrogens with one attached hydrogen (secondary N) is 1. The van der Waals surface area contributed by atoms with Gasteiger partial charge >= 0.3 is 0 Å². The smallest absolute Gasteiger partial charge is 0.227 e. The van der Waals surface area contributed by atoms with Gasteiger partial charge in [-0.3, -0.25) is 9.59 Å². The minimum Gasteiger partial charge on any atom is -0.384 e. The topological polar surface area (TPSA) is 87.7 Å². The van der Waals surface area contributed by atoms with Crippen molar-refractivity contribution in [3.05, 3.63) is 47.7 Å². The number of anilines is 2. The van der Waals surface area contributed by atoms with E-state index in [4.69, 9.17) is 4.74 Å². The van der Waals surface area contributed by atoms with Gasteiger partial charge in [0.1, 0.15) is 17.5 Å². The van der Waals surface area contributed by atoms with Crippen molar-refractivity contribution in [3.8, 4) is 0 Å². The van der Waals surface area contributed by atoms with Crippen LogP contribution in [-0.2, 0) is 20.9 Å². The van der Waals surface area contributed by atoms with Crippen LogP contribution in [0.15, 0.2) is 30.3 Å². The fourth-order valence-corrected chi connectivity index (χ4v) is 3.38. The van der Waals surface area contributed by atoms with Crippen LogP contribution in [0.1, 0.15) is 30.3 Å². The molecule has 0 unspecified atom stereocenters. The largest absolute Gasteiger partial charge is 0.384 e. The third-order valence-electron chi connectivity index (χ3n) is 5.05. The summed E-state index contributed by atoms with van der Waals surface area (Å²) in [6, 6.07) is 7.70. The first kappa shape index (κ1) is 21.6. The van der Waals surface area contributed by atoms with E-state index in [1.165, 1.54) is 12.1 Å². The summed E-state index contributed by atoms with van der Waals surface area (Å²) in [6.45, 7) is 1.06. The number of carbonyl (C=O) groups excluding carboxylic acids is 2. The maximum Gasteiger partial charge on any atom is 0.227 e. The van der Waals surface area contributed by atoms with Gasteiger partial charge in [-0.2, -0.15) is 0 Å². The zero-order valence-electron chi connectivity index (χ0n) is 17.4. The molecule has 1 fully saturated rings. The van der Waals surface area contributed by atoms with Crippen molar-refractivity contribution in [2.75, 3.05) is 44.6 Å². The standard InChI is InChI=1S/C21H26FN5O3/c1-23-18-11-17(24-19(25-18)13-26(2)20(28)8-9-30-3)14-10-21(29)27(12-14)16-6-4-15(22)5-7-16/h4-7,11,14H,8-10,12-13H2,1-3H3,(H,23,24,25)/t14-/m1/s1. The molecule has 30 heavy (non-hydrogen) atoms. The van der Waals surface area contributed by atoms with E-state index >= 15 is 0 Å². The Labute approximate surface area is 175 Å². The van der Waals surface area contributed by atoms with E-state index in [2.05, 4.69) is 15.3 Å². The normalized spacial score (nSPS) is 16.1. The molecule has 2 heterocycles. The van der Waals surface area contributed by atoms with Crippen molar-refractivity contribution in [2.45, 2.75) is 25.3 Å². The Kier molecular flexibility index (Phi) is 6.94. The summed E-state index contributed by atoms with van der Waals surface area (Å²) in [6.07, 6.45) is 0.592. The lowest BCUT2D eigenvalue weighted by molar-refractivity contribution is -0.131. The van der Waals surface area contributed by atoms with Crippen molar-refractivity contribution >= 4 is 23.3 Å². The van der Waals surface area contributed by atoms with Gasteiger partial charge in [0.05, 0.1) is 25.3 Å². The number of rotatable bonds is 8. The molecule has 2 aromatic rings. The van der Waals surface area contributed by atoms with E-state index in [0.29, 0.717) is 36.9 Å². The maximum absolute atomic E-state index is 13.2. The highest BCUT2D eigenvalue weighted by Crippen LogP contribution is 2.31. The van der Waals surface area contributed by atoms with E-state index in [9.17, 15) is 14.0 Å². The molecular formula is C21H26FN5O3. The number of ether oxygens (including phenoxy) is 1. The number of benzene rings is 1. The quantitative estimate of drug-likeness (QED) is 0.711. The van der Waals surface area contributed by atoms with Crippen LogP contribution in [0.4, 0.5) is 15.9 Å². The monoisotopic (exact) mass is 415 g/mol. The Balaban J connectivity index is 1.77. The fraction of sp³-hybridized carbons (Fsp3) is 0.429. The number of methoxy groups -OCH3 is 1. The maximum atomic E-state index is 13.2. The second-order valence-corrected chi connectivity index (χ2v) is 7.22. The average Bonchev–Trinajstić information content (AvgIpc) is 3.13. The summed E-state index contributed by atoms with van der Waals surface area (Å²) in [5, 5.41) is 3.01. The van der Waals surface area contributed by atoms with Crippen LogP contribution in [-0.4, -0.2) is 61.0 Å². The first-order valence-electron chi connectivity index (χ1n) is 9.75. The molecule has 1 aliphatic rings. The lowest BCUT2D eigenvalue weighted by atomic mass is 10.0. The summed E-state index contributed by atoms with van der Waals surface area (Å²) in [7, 11) is 5.01. The summed E-state index contributed by atoms with van der Waals surface area (Å²) < 4.78 is 18.2. The Morgan fingerprint density at radius 1 is 1.33 bits per heavy atom. The van der Waals surface area contributed by atoms with Gasteiger partial charge in [0.15, 0.2) is 0 Å². The highest BCUT2D eigenvalue weighted by molar-refractivity contribution is 5.96. The molecule has 1 saturated heterocycles. The van der Waals surface area contributed by atoms with Crippen molar-refractivity contribution in [1.82, 2.24) is 14.9 Å². The molecule has 1 aliphatic heterocycles. The molecule has 0 aliphatic carbocycles. The van der Waals surface area contributed by atoms with Crippen molar-refractivity contribution in [1.29, 1.82) is 0 Å². The highest BCUT2D eigenvalue weighted by Gasteiger charge is 2.33. The molecule has 8 nitrogen and oxygen atoms in total. The third kappa shape index (κ3) is 5.10. The third-order valence-corrected chi connectivity index (χ3v) is 5.05. The second kappa shape index (κ2) is 9.62. The molecule has 1 N–H and O–H groups in total. The van der Waals surface area contributed by atoms with Crippen LogP contribution >= 0.6 is 0 Å². The van der Waals surface area contributed by atoms with Crippen molar-refractivity contribution < 1.29 is 18.7 Å². The van der Waals surface area contributed by atoms with E-state index in [0.717, 1.165) is 5.69 Å². The fourth-order valence-electron chi connectivity index (χ4n) is 3.38. The number of carbonyl (C=O) groups is 2. The molecule has 9 heteroatoms. The Hall–Kier alpha value is -3.07. The minimum atomic E-state index is -0.342. The van der Waals surface area contributed by atoms with E-state index < -0.39 is 0 Å². The number of hydrogen-bond acceptors (Lipinski definition) is 6. The number of halogens is 1. The zero-order chi connectivity index (χ0) is 21.7. The van der Waals surface area contributed by atoms with Crippen LogP contribution in [0.2, 0.25) is 0 Å². The SMILES string of the molecule is CNc1cc([C@@H]2CC(=O)N(c3ccc(F)cc3)C2)nc(CN(C)C(=O)CCOC)n1. The first-order valence-corrected chi connectivity index (χ1v) is 9.75. The summed E-state index contributed by atoms with van der Waals surface area (Å²) in [5.74, 6) is 0.564. The Morgan fingerprint density at radius 3 is 2.73 bits per heavy atom. The van der Waals surface area contributed by atoms with Gasteiger partial charge in [0.25, 0.3) is 0 Å². The molecule has 1 aromatic heterocycles. The van der Waals surface area contributed by atoms with E-state index in [1.54, 1.807) is 43.1 Å². The zero-order valence-corrected chi connectivity index (χ0v) is 17.4. The van der Waals surface area contributed by atoms with Gasteiger partial charge in [0, 0.05) is 51.8 Å². The van der Waals surface area contributed by atoms with Crippen LogP contribution in [0.5, 0.6) is 0 Å². The second-order valence-electron chi connectivity index (χ2n) is 7.22. The number of hydrogen-bond donors (Lipinski definition) is 1. The molecule has 0 radical (unpaired) electrons. The first-order chi connectivity index (χ1) is 14.4. The number of amides is 2. The van der Waals surface area contributed by atoms with E-state index in [1.807, 2.05) is 6.07 Å². The predicted octanol–water partition coefficient (Wildman–Crippen LogP) is 2.17. The van der Waals surface area contributed by atoms with Gasteiger partial charge in [-0.1, -0.05) is 0 Å². The summed E-state index contributed by atoms with van der Waals surface area (Å²) in [5.41, 5.74) is 1.40. The molecule has 160 valence electrons. The Morgan fingerprint density at radius 2 is 2.07 bits per heavy atom. The van der Waals surface area contributed by atoms with Crippen LogP contribution in [0, 0.1) is 5.82 Å². The predicted molar refractivity (Wildman–Crippen MR) is 111 cm³/mol. The number of aromatic nitrogens is 2. The molecule has 1 aromatic carbocycles. The molecule has 0 spiro atoms. The molecular weight excluding hydrogens is 389 g/mol. The summed E-state index contributed by atoms with van der Waals surface area (Å²) in [4.78, 5) is 37.0. The summed E-state index contributed by atoms with van der Waals surface area (Å²) >= 11 is 0. The number of nitrogens with zero attached hydrogens (tertiary/aromatic N) is 4. The molecule has 1 atom stereocenters. The lowest BCUT2D eigenvalue weighted by Crippen LogP contribution is -2.28. The highest BCUT2D eigenvalue weighted by atomic mass is 19.1. The van der Waals surface area contributed by atoms with E-state index in [-0.39, 0.29) is 36.5 Å². The minimum absolute atomic E-state index is 0.0374. The van der Waals surface area contributed by atoms with Crippen molar-refractivity contribution in [3.63, 3.8) is 0 Å². The molecule has 2 amide bonds. The Bertz CT molecular complexity index is 906. The van der Waals surface area contributed by atoms with Crippen molar-refractivity contribution in [2.24, 2.45) is 0 Å². The van der Waals surface area contributed by atoms with Crippen LogP contribution < -0.4 is 10.2 Å². The van der Waals surface area contributed by atoms with Gasteiger partial charge in [-0.05, 0) is 24.3 Å². The van der Waals surface area contributed by atoms with Gasteiger partial charge in [-0.25, -0.2) is 14.4 Å². The van der Waals surface area contributed by atoms with Crippen LogP contribution in [0.3, 0.4) is 0 Å².